The average molecular weight is 266 g/mol. The van der Waals surface area contributed by atoms with Crippen molar-refractivity contribution in [3.05, 3.63) is 39.9 Å². The molecule has 1 aliphatic rings. The van der Waals surface area contributed by atoms with Crippen LogP contribution in [0.2, 0.25) is 0 Å². The SMILES string of the molecule is O=[N+]([O-])c1ccccc1CNCC1CCCCS1. The van der Waals surface area contributed by atoms with Gasteiger partial charge in [0.1, 0.15) is 0 Å². The molecule has 1 atom stereocenters. The summed E-state index contributed by atoms with van der Waals surface area (Å²) in [5.41, 5.74) is 0.976. The fourth-order valence-electron chi connectivity index (χ4n) is 2.17. The molecule has 0 saturated carbocycles. The van der Waals surface area contributed by atoms with Crippen LogP contribution in [0.3, 0.4) is 0 Å². The van der Waals surface area contributed by atoms with Crippen LogP contribution in [-0.2, 0) is 6.54 Å². The largest absolute Gasteiger partial charge is 0.311 e. The zero-order chi connectivity index (χ0) is 12.8. The van der Waals surface area contributed by atoms with Crippen LogP contribution in [0.4, 0.5) is 5.69 Å². The first kappa shape index (κ1) is 13.4. The lowest BCUT2D eigenvalue weighted by molar-refractivity contribution is -0.385. The molecule has 0 radical (unpaired) electrons. The normalized spacial score (nSPS) is 19.7. The Morgan fingerprint density at radius 1 is 1.39 bits per heavy atom. The van der Waals surface area contributed by atoms with Gasteiger partial charge in [0.15, 0.2) is 0 Å². The Morgan fingerprint density at radius 2 is 2.22 bits per heavy atom. The molecule has 2 rings (SSSR count). The second-order valence-corrected chi connectivity index (χ2v) is 5.91. The molecule has 1 heterocycles. The van der Waals surface area contributed by atoms with Crippen molar-refractivity contribution in [2.75, 3.05) is 12.3 Å². The summed E-state index contributed by atoms with van der Waals surface area (Å²) in [5.74, 6) is 1.25. The molecule has 1 saturated heterocycles. The number of hydrogen-bond acceptors (Lipinski definition) is 4. The van der Waals surface area contributed by atoms with Crippen LogP contribution in [0.25, 0.3) is 0 Å². The summed E-state index contributed by atoms with van der Waals surface area (Å²) in [6.45, 7) is 1.52. The molecule has 18 heavy (non-hydrogen) atoms. The van der Waals surface area contributed by atoms with E-state index in [4.69, 9.17) is 0 Å². The fraction of sp³-hybridized carbons (Fsp3) is 0.538. The summed E-state index contributed by atoms with van der Waals surface area (Å²) in [6, 6.07) is 6.93. The topological polar surface area (TPSA) is 55.2 Å². The molecule has 1 aromatic carbocycles. The van der Waals surface area contributed by atoms with Gasteiger partial charge in [0, 0.05) is 30.0 Å². The zero-order valence-corrected chi connectivity index (χ0v) is 11.1. The first-order valence-electron chi connectivity index (χ1n) is 6.32. The molecule has 98 valence electrons. The van der Waals surface area contributed by atoms with Gasteiger partial charge in [-0.05, 0) is 18.6 Å². The van der Waals surface area contributed by atoms with E-state index >= 15 is 0 Å². The third-order valence-corrected chi connectivity index (χ3v) is 4.55. The number of nitro benzene ring substituents is 1. The Bertz CT molecular complexity index is 406. The minimum atomic E-state index is -0.313. The number of nitro groups is 1. The number of thioether (sulfide) groups is 1. The van der Waals surface area contributed by atoms with Crippen LogP contribution in [0.15, 0.2) is 24.3 Å². The molecular weight excluding hydrogens is 248 g/mol. The molecule has 5 heteroatoms. The van der Waals surface area contributed by atoms with Crippen molar-refractivity contribution in [3.63, 3.8) is 0 Å². The Labute approximate surface area is 111 Å². The Hall–Kier alpha value is -1.07. The van der Waals surface area contributed by atoms with Crippen LogP contribution < -0.4 is 5.32 Å². The summed E-state index contributed by atoms with van der Waals surface area (Å²) in [7, 11) is 0. The van der Waals surface area contributed by atoms with E-state index in [1.807, 2.05) is 23.9 Å². The molecule has 0 amide bonds. The number of nitrogens with one attached hydrogen (secondary N) is 1. The highest BCUT2D eigenvalue weighted by Gasteiger charge is 2.15. The number of rotatable bonds is 5. The third-order valence-electron chi connectivity index (χ3n) is 3.15. The molecule has 0 spiro atoms. The van der Waals surface area contributed by atoms with Crippen LogP contribution in [-0.4, -0.2) is 22.5 Å². The molecule has 1 unspecified atom stereocenters. The van der Waals surface area contributed by atoms with Crippen molar-refractivity contribution in [1.82, 2.24) is 5.32 Å². The van der Waals surface area contributed by atoms with Crippen molar-refractivity contribution < 1.29 is 4.92 Å². The highest BCUT2D eigenvalue weighted by molar-refractivity contribution is 7.99. The van der Waals surface area contributed by atoms with Gasteiger partial charge in [-0.2, -0.15) is 11.8 Å². The Morgan fingerprint density at radius 3 is 2.94 bits per heavy atom. The summed E-state index contributed by atoms with van der Waals surface area (Å²) in [6.07, 6.45) is 3.89. The van der Waals surface area contributed by atoms with Gasteiger partial charge < -0.3 is 5.32 Å². The van der Waals surface area contributed by atoms with E-state index in [0.29, 0.717) is 11.8 Å². The van der Waals surface area contributed by atoms with Crippen LogP contribution >= 0.6 is 11.8 Å². The summed E-state index contributed by atoms with van der Waals surface area (Å²) in [4.78, 5) is 10.5. The lowest BCUT2D eigenvalue weighted by Crippen LogP contribution is -2.26. The first-order valence-corrected chi connectivity index (χ1v) is 7.37. The quantitative estimate of drug-likeness (QED) is 0.657. The Kier molecular flexibility index (Phi) is 5.01. The number of hydrogen-bond donors (Lipinski definition) is 1. The molecular formula is C13H18N2O2S. The summed E-state index contributed by atoms with van der Waals surface area (Å²) < 4.78 is 0. The minimum absolute atomic E-state index is 0.210. The number of benzene rings is 1. The molecule has 4 nitrogen and oxygen atoms in total. The zero-order valence-electron chi connectivity index (χ0n) is 10.3. The highest BCUT2D eigenvalue weighted by Crippen LogP contribution is 2.24. The van der Waals surface area contributed by atoms with E-state index in [0.717, 1.165) is 12.1 Å². The van der Waals surface area contributed by atoms with E-state index in [2.05, 4.69) is 5.32 Å². The highest BCUT2D eigenvalue weighted by atomic mass is 32.2. The van der Waals surface area contributed by atoms with Crippen molar-refractivity contribution in [2.45, 2.75) is 31.1 Å². The predicted octanol–water partition coefficient (Wildman–Crippen LogP) is 2.97. The molecule has 1 aromatic rings. The third kappa shape index (κ3) is 3.71. The summed E-state index contributed by atoms with van der Waals surface area (Å²) in [5, 5.41) is 14.9. The second-order valence-electron chi connectivity index (χ2n) is 4.51. The maximum absolute atomic E-state index is 10.9. The summed E-state index contributed by atoms with van der Waals surface area (Å²) >= 11 is 2.01. The average Bonchev–Trinajstić information content (AvgIpc) is 2.40. The predicted molar refractivity (Wildman–Crippen MR) is 74.9 cm³/mol. The monoisotopic (exact) mass is 266 g/mol. The van der Waals surface area contributed by atoms with E-state index < -0.39 is 0 Å². The van der Waals surface area contributed by atoms with E-state index in [-0.39, 0.29) is 10.6 Å². The number of nitrogens with zero attached hydrogens (tertiary/aromatic N) is 1. The van der Waals surface area contributed by atoms with Gasteiger partial charge in [0.2, 0.25) is 0 Å². The molecule has 0 aliphatic carbocycles. The lowest BCUT2D eigenvalue weighted by Gasteiger charge is -2.21. The van der Waals surface area contributed by atoms with Crippen LogP contribution in [0, 0.1) is 10.1 Å². The smallest absolute Gasteiger partial charge is 0.273 e. The van der Waals surface area contributed by atoms with E-state index in [1.54, 1.807) is 12.1 Å². The van der Waals surface area contributed by atoms with E-state index in [1.165, 1.54) is 25.0 Å². The van der Waals surface area contributed by atoms with Crippen LogP contribution in [0.1, 0.15) is 24.8 Å². The van der Waals surface area contributed by atoms with Crippen LogP contribution in [0.5, 0.6) is 0 Å². The van der Waals surface area contributed by atoms with E-state index in [9.17, 15) is 10.1 Å². The fourth-order valence-corrected chi connectivity index (χ4v) is 3.45. The van der Waals surface area contributed by atoms with Gasteiger partial charge in [0.25, 0.3) is 5.69 Å². The first-order chi connectivity index (χ1) is 8.77. The van der Waals surface area contributed by atoms with Gasteiger partial charge in [0.05, 0.1) is 4.92 Å². The molecule has 1 aliphatic heterocycles. The lowest BCUT2D eigenvalue weighted by atomic mass is 10.1. The molecule has 0 bridgehead atoms. The van der Waals surface area contributed by atoms with Gasteiger partial charge >= 0.3 is 0 Å². The standard InChI is InChI=1S/C13H18N2O2S/c16-15(17)13-7-2-1-5-11(13)9-14-10-12-6-3-4-8-18-12/h1-2,5,7,12,14H,3-4,6,8-10H2. The van der Waals surface area contributed by atoms with Crippen molar-refractivity contribution in [1.29, 1.82) is 0 Å². The molecule has 1 fully saturated rings. The second kappa shape index (κ2) is 6.75. The Balaban J connectivity index is 1.84. The minimum Gasteiger partial charge on any atom is -0.311 e. The van der Waals surface area contributed by atoms with Gasteiger partial charge in [-0.1, -0.05) is 24.6 Å². The van der Waals surface area contributed by atoms with Crippen molar-refractivity contribution >= 4 is 17.4 Å². The molecule has 0 aromatic heterocycles. The maximum Gasteiger partial charge on any atom is 0.273 e. The number of para-hydroxylation sites is 1. The van der Waals surface area contributed by atoms with Gasteiger partial charge in [-0.25, -0.2) is 0 Å². The van der Waals surface area contributed by atoms with Crippen molar-refractivity contribution in [3.8, 4) is 0 Å². The van der Waals surface area contributed by atoms with Crippen molar-refractivity contribution in [2.24, 2.45) is 0 Å². The maximum atomic E-state index is 10.9. The molecule has 1 N–H and O–H groups in total. The van der Waals surface area contributed by atoms with Gasteiger partial charge in [-0.15, -0.1) is 0 Å². The van der Waals surface area contributed by atoms with Gasteiger partial charge in [-0.3, -0.25) is 10.1 Å².